The number of likely N-dealkylation sites (N-methyl/N-ethyl adjacent to an activating group) is 1. The molecule has 2 aliphatic heterocycles. The van der Waals surface area contributed by atoms with E-state index >= 15 is 0 Å². The molecule has 2 bridgehead atoms. The predicted octanol–water partition coefficient (Wildman–Crippen LogP) is 0.355. The molecule has 2 atom stereocenters. The van der Waals surface area contributed by atoms with Crippen LogP contribution in [0, 0.1) is 0 Å². The number of aromatic nitrogens is 1. The van der Waals surface area contributed by atoms with Crippen LogP contribution in [0.2, 0.25) is 0 Å². The largest absolute Gasteiger partial charge is 0.385 e. The van der Waals surface area contributed by atoms with Gasteiger partial charge in [0.2, 0.25) is 0 Å². The van der Waals surface area contributed by atoms with E-state index in [2.05, 4.69) is 17.1 Å². The molecule has 3 heterocycles. The van der Waals surface area contributed by atoms with Crippen molar-refractivity contribution in [2.24, 2.45) is 0 Å². The Morgan fingerprint density at radius 3 is 2.69 bits per heavy atom. The van der Waals surface area contributed by atoms with Gasteiger partial charge in [0.25, 0.3) is 0 Å². The van der Waals surface area contributed by atoms with Gasteiger partial charge in [0.1, 0.15) is 6.26 Å². The Balaban J connectivity index is 1.89. The first-order valence-corrected chi connectivity index (χ1v) is 5.61. The van der Waals surface area contributed by atoms with Gasteiger partial charge in [0.05, 0.1) is 25.0 Å². The Bertz CT molecular complexity index is 351. The number of piperidine rings is 1. The molecule has 1 aromatic rings. The molecular formula is C11H16N2O3. The minimum Gasteiger partial charge on any atom is -0.385 e. The lowest BCUT2D eigenvalue weighted by Gasteiger charge is -2.49. The van der Waals surface area contributed by atoms with Crippen LogP contribution in [0.5, 0.6) is 0 Å². The minimum atomic E-state index is -0.800. The van der Waals surface area contributed by atoms with Crippen LogP contribution in [-0.4, -0.2) is 47.5 Å². The molecule has 0 aromatic carbocycles. The zero-order valence-electron chi connectivity index (χ0n) is 9.30. The molecule has 88 valence electrons. The summed E-state index contributed by atoms with van der Waals surface area (Å²) in [6.45, 7) is 1.39. The zero-order valence-corrected chi connectivity index (χ0v) is 9.30. The Labute approximate surface area is 94.0 Å². The first-order valence-electron chi connectivity index (χ1n) is 5.61. The first-order chi connectivity index (χ1) is 7.69. The van der Waals surface area contributed by atoms with Crippen molar-refractivity contribution in [3.8, 4) is 0 Å². The molecular weight excluding hydrogens is 208 g/mol. The molecule has 0 saturated carbocycles. The van der Waals surface area contributed by atoms with Crippen LogP contribution in [0.3, 0.4) is 0 Å². The van der Waals surface area contributed by atoms with Gasteiger partial charge in [0.15, 0.2) is 0 Å². The van der Waals surface area contributed by atoms with Crippen LogP contribution >= 0.6 is 0 Å². The van der Waals surface area contributed by atoms with Crippen molar-refractivity contribution in [2.45, 2.75) is 30.5 Å². The van der Waals surface area contributed by atoms with Crippen LogP contribution in [0.25, 0.3) is 0 Å². The number of hydrogen-bond donors (Lipinski definition) is 1. The molecule has 16 heavy (non-hydrogen) atoms. The Morgan fingerprint density at radius 1 is 1.44 bits per heavy atom. The van der Waals surface area contributed by atoms with Gasteiger partial charge in [-0.25, -0.2) is 0 Å². The van der Waals surface area contributed by atoms with Crippen molar-refractivity contribution in [2.75, 3.05) is 20.3 Å². The van der Waals surface area contributed by atoms with E-state index in [1.165, 1.54) is 0 Å². The summed E-state index contributed by atoms with van der Waals surface area (Å²) in [7, 11) is 2.10. The van der Waals surface area contributed by atoms with Crippen molar-refractivity contribution >= 4 is 0 Å². The Hall–Kier alpha value is -0.910. The quantitative estimate of drug-likeness (QED) is 0.746. The molecule has 5 heteroatoms. The van der Waals surface area contributed by atoms with Gasteiger partial charge in [-0.3, -0.25) is 4.90 Å². The van der Waals surface area contributed by atoms with Gasteiger partial charge < -0.3 is 14.4 Å². The van der Waals surface area contributed by atoms with E-state index < -0.39 is 5.60 Å². The summed E-state index contributed by atoms with van der Waals surface area (Å²) in [5, 5.41) is 14.3. The highest BCUT2D eigenvalue weighted by Crippen LogP contribution is 2.39. The van der Waals surface area contributed by atoms with Gasteiger partial charge in [0, 0.05) is 17.6 Å². The fourth-order valence-corrected chi connectivity index (χ4v) is 2.81. The zero-order chi connectivity index (χ0) is 11.2. The first kappa shape index (κ1) is 10.3. The molecule has 0 amide bonds. The topological polar surface area (TPSA) is 58.7 Å². The molecule has 3 rings (SSSR count). The van der Waals surface area contributed by atoms with E-state index in [0.29, 0.717) is 26.1 Å². The van der Waals surface area contributed by atoms with E-state index in [1.54, 1.807) is 12.5 Å². The van der Waals surface area contributed by atoms with Gasteiger partial charge in [-0.2, -0.15) is 0 Å². The van der Waals surface area contributed by atoms with Crippen LogP contribution in [0.4, 0.5) is 0 Å². The fraction of sp³-hybridized carbons (Fsp3) is 0.727. The average molecular weight is 224 g/mol. The molecule has 0 spiro atoms. The molecule has 2 fully saturated rings. The molecule has 2 saturated heterocycles. The number of rotatable bonds is 1. The minimum absolute atomic E-state index is 0.285. The third-order valence-electron chi connectivity index (χ3n) is 3.89. The third-order valence-corrected chi connectivity index (χ3v) is 3.89. The highest BCUT2D eigenvalue weighted by atomic mass is 16.5. The Kier molecular flexibility index (Phi) is 2.27. The number of ether oxygens (including phenoxy) is 1. The number of fused-ring (bicyclic) bond motifs is 2. The molecule has 5 nitrogen and oxygen atoms in total. The van der Waals surface area contributed by atoms with Crippen molar-refractivity contribution in [1.82, 2.24) is 10.1 Å². The fourth-order valence-electron chi connectivity index (χ4n) is 2.81. The monoisotopic (exact) mass is 224 g/mol. The Morgan fingerprint density at radius 2 is 2.12 bits per heavy atom. The third kappa shape index (κ3) is 1.47. The summed E-state index contributed by atoms with van der Waals surface area (Å²) >= 11 is 0. The summed E-state index contributed by atoms with van der Waals surface area (Å²) < 4.78 is 10.4. The number of aliphatic hydroxyl groups is 1. The average Bonchev–Trinajstić information content (AvgIpc) is 2.74. The number of hydrogen-bond acceptors (Lipinski definition) is 5. The van der Waals surface area contributed by atoms with E-state index in [9.17, 15) is 5.11 Å². The maximum Gasteiger partial charge on any atom is 0.129 e. The lowest BCUT2D eigenvalue weighted by molar-refractivity contribution is -0.137. The number of morpholine rings is 1. The van der Waals surface area contributed by atoms with E-state index in [-0.39, 0.29) is 12.1 Å². The van der Waals surface area contributed by atoms with Crippen LogP contribution in [-0.2, 0) is 10.3 Å². The van der Waals surface area contributed by atoms with Crippen LogP contribution in [0.1, 0.15) is 18.4 Å². The van der Waals surface area contributed by atoms with Crippen LogP contribution < -0.4 is 0 Å². The second-order valence-electron chi connectivity index (χ2n) is 4.86. The summed E-state index contributed by atoms with van der Waals surface area (Å²) in [4.78, 5) is 2.31. The number of nitrogens with zero attached hydrogens (tertiary/aromatic N) is 2. The van der Waals surface area contributed by atoms with Gasteiger partial charge in [-0.05, 0) is 19.9 Å². The molecule has 1 N–H and O–H groups in total. The highest BCUT2D eigenvalue weighted by molar-refractivity contribution is 5.17. The van der Waals surface area contributed by atoms with Crippen molar-refractivity contribution in [3.05, 3.63) is 18.0 Å². The lowest BCUT2D eigenvalue weighted by Crippen LogP contribution is -2.59. The van der Waals surface area contributed by atoms with Crippen molar-refractivity contribution in [3.63, 3.8) is 0 Å². The summed E-state index contributed by atoms with van der Waals surface area (Å²) in [5.41, 5.74) is -0.0106. The molecule has 2 aliphatic rings. The summed E-state index contributed by atoms with van der Waals surface area (Å²) in [5.74, 6) is 0. The molecule has 1 aromatic heterocycles. The molecule has 2 unspecified atom stereocenters. The second kappa shape index (κ2) is 3.55. The summed E-state index contributed by atoms with van der Waals surface area (Å²) in [6.07, 6.45) is 4.52. The standard InChI is InChI=1S/C11H16N2O3/c1-13-9-2-11(14,8-4-12-16-5-8)3-10(13)7-15-6-9/h4-5,9-10,14H,2-3,6-7H2,1H3. The maximum absolute atomic E-state index is 10.7. The van der Waals surface area contributed by atoms with Crippen molar-refractivity contribution < 1.29 is 14.4 Å². The second-order valence-corrected chi connectivity index (χ2v) is 4.86. The highest BCUT2D eigenvalue weighted by Gasteiger charge is 2.46. The van der Waals surface area contributed by atoms with E-state index in [4.69, 9.17) is 9.26 Å². The predicted molar refractivity (Wildman–Crippen MR) is 55.8 cm³/mol. The van der Waals surface area contributed by atoms with Gasteiger partial charge in [-0.15, -0.1) is 0 Å². The van der Waals surface area contributed by atoms with Gasteiger partial charge >= 0.3 is 0 Å². The lowest BCUT2D eigenvalue weighted by atomic mass is 9.78. The SMILES string of the molecule is CN1C2COCC1CC(O)(c1cnoc1)C2. The smallest absolute Gasteiger partial charge is 0.129 e. The normalized spacial score (nSPS) is 39.9. The van der Waals surface area contributed by atoms with Gasteiger partial charge in [-0.1, -0.05) is 5.16 Å². The van der Waals surface area contributed by atoms with Crippen LogP contribution in [0.15, 0.2) is 17.0 Å². The van der Waals surface area contributed by atoms with E-state index in [0.717, 1.165) is 5.56 Å². The summed E-state index contributed by atoms with van der Waals surface area (Å²) in [6, 6.07) is 0.569. The molecule has 0 radical (unpaired) electrons. The van der Waals surface area contributed by atoms with Crippen molar-refractivity contribution in [1.29, 1.82) is 0 Å². The molecule has 0 aliphatic carbocycles. The maximum atomic E-state index is 10.7. The van der Waals surface area contributed by atoms with E-state index in [1.807, 2.05) is 0 Å².